The van der Waals surface area contributed by atoms with Gasteiger partial charge in [-0.1, -0.05) is 12.8 Å². The van der Waals surface area contributed by atoms with Gasteiger partial charge < -0.3 is 20.3 Å². The second kappa shape index (κ2) is 5.06. The molecule has 100 valence electrons. The number of hydrogen-bond acceptors (Lipinski definition) is 4. The van der Waals surface area contributed by atoms with E-state index in [0.717, 1.165) is 31.2 Å². The van der Waals surface area contributed by atoms with Crippen LogP contribution in [0, 0.1) is 0 Å². The van der Waals surface area contributed by atoms with Crippen molar-refractivity contribution in [3.63, 3.8) is 0 Å². The molecule has 0 heterocycles. The highest BCUT2D eigenvalue weighted by molar-refractivity contribution is 5.57. The molecule has 1 aliphatic rings. The molecule has 0 unspecified atom stereocenters. The van der Waals surface area contributed by atoms with Gasteiger partial charge in [0.2, 0.25) is 0 Å². The Morgan fingerprint density at radius 1 is 1.22 bits per heavy atom. The third kappa shape index (κ3) is 1.90. The first-order chi connectivity index (χ1) is 8.68. The SMILES string of the molecule is COc1ccc(O)c(C2(CN)CCCC2)c1OC. The summed E-state index contributed by atoms with van der Waals surface area (Å²) in [5, 5.41) is 10.2. The molecule has 0 spiro atoms. The molecule has 0 aliphatic heterocycles. The van der Waals surface area contributed by atoms with Gasteiger partial charge in [-0.25, -0.2) is 0 Å². The van der Waals surface area contributed by atoms with E-state index < -0.39 is 0 Å². The average molecular weight is 251 g/mol. The second-order valence-electron chi connectivity index (χ2n) is 4.89. The Kier molecular flexibility index (Phi) is 3.66. The predicted octanol–water partition coefficient (Wildman–Crippen LogP) is 2.18. The highest BCUT2D eigenvalue weighted by atomic mass is 16.5. The molecule has 1 aliphatic carbocycles. The van der Waals surface area contributed by atoms with Crippen molar-refractivity contribution in [1.82, 2.24) is 0 Å². The Labute approximate surface area is 108 Å². The van der Waals surface area contributed by atoms with Gasteiger partial charge in [-0.05, 0) is 25.0 Å². The van der Waals surface area contributed by atoms with Crippen LogP contribution in [0.3, 0.4) is 0 Å². The first kappa shape index (κ1) is 13.0. The molecule has 18 heavy (non-hydrogen) atoms. The minimum absolute atomic E-state index is 0.177. The van der Waals surface area contributed by atoms with E-state index in [4.69, 9.17) is 15.2 Å². The lowest BCUT2D eigenvalue weighted by Gasteiger charge is -2.30. The van der Waals surface area contributed by atoms with Gasteiger partial charge in [-0.2, -0.15) is 0 Å². The Balaban J connectivity index is 2.60. The highest BCUT2D eigenvalue weighted by Crippen LogP contribution is 2.50. The molecule has 0 radical (unpaired) electrons. The molecule has 1 fully saturated rings. The normalized spacial score (nSPS) is 17.7. The van der Waals surface area contributed by atoms with Crippen molar-refractivity contribution in [3.8, 4) is 17.2 Å². The minimum Gasteiger partial charge on any atom is -0.508 e. The molecule has 1 aromatic rings. The van der Waals surface area contributed by atoms with Crippen LogP contribution in [0.1, 0.15) is 31.2 Å². The standard InChI is InChI=1S/C14H21NO3/c1-17-11-6-5-10(16)12(13(11)18-2)14(9-15)7-3-4-8-14/h5-6,16H,3-4,7-9,15H2,1-2H3. The van der Waals surface area contributed by atoms with Crippen molar-refractivity contribution in [1.29, 1.82) is 0 Å². The number of nitrogens with two attached hydrogens (primary N) is 1. The Morgan fingerprint density at radius 3 is 2.39 bits per heavy atom. The smallest absolute Gasteiger partial charge is 0.168 e. The third-order valence-electron chi connectivity index (χ3n) is 4.01. The van der Waals surface area contributed by atoms with Crippen LogP contribution in [0.15, 0.2) is 12.1 Å². The maximum atomic E-state index is 10.2. The molecule has 4 heteroatoms. The van der Waals surface area contributed by atoms with Gasteiger partial charge >= 0.3 is 0 Å². The van der Waals surface area contributed by atoms with Crippen molar-refractivity contribution >= 4 is 0 Å². The summed E-state index contributed by atoms with van der Waals surface area (Å²) in [6, 6.07) is 3.38. The lowest BCUT2D eigenvalue weighted by molar-refractivity contribution is 0.326. The first-order valence-electron chi connectivity index (χ1n) is 6.33. The van der Waals surface area contributed by atoms with Crippen molar-refractivity contribution in [3.05, 3.63) is 17.7 Å². The lowest BCUT2D eigenvalue weighted by Crippen LogP contribution is -2.32. The van der Waals surface area contributed by atoms with Gasteiger partial charge in [0.1, 0.15) is 5.75 Å². The van der Waals surface area contributed by atoms with Crippen LogP contribution in [0.25, 0.3) is 0 Å². The minimum atomic E-state index is -0.177. The molecule has 1 saturated carbocycles. The van der Waals surface area contributed by atoms with Crippen LogP contribution < -0.4 is 15.2 Å². The molecule has 1 aromatic carbocycles. The van der Waals surface area contributed by atoms with Crippen LogP contribution in [0.5, 0.6) is 17.2 Å². The van der Waals surface area contributed by atoms with Crippen molar-refractivity contribution in [2.75, 3.05) is 20.8 Å². The fourth-order valence-corrected chi connectivity index (χ4v) is 3.04. The second-order valence-corrected chi connectivity index (χ2v) is 4.89. The summed E-state index contributed by atoms with van der Waals surface area (Å²) < 4.78 is 10.8. The molecular weight excluding hydrogens is 230 g/mol. The molecule has 0 saturated heterocycles. The van der Waals surface area contributed by atoms with Gasteiger partial charge in [0.05, 0.1) is 14.2 Å². The predicted molar refractivity (Wildman–Crippen MR) is 70.4 cm³/mol. The van der Waals surface area contributed by atoms with E-state index in [1.807, 2.05) is 0 Å². The zero-order chi connectivity index (χ0) is 13.2. The van der Waals surface area contributed by atoms with Gasteiger partial charge in [-0.3, -0.25) is 0 Å². The van der Waals surface area contributed by atoms with E-state index in [0.29, 0.717) is 18.0 Å². The number of ether oxygens (including phenoxy) is 2. The van der Waals surface area contributed by atoms with Crippen LogP contribution in [0.2, 0.25) is 0 Å². The highest BCUT2D eigenvalue weighted by Gasteiger charge is 2.39. The number of rotatable bonds is 4. The van der Waals surface area contributed by atoms with Crippen molar-refractivity contribution in [2.45, 2.75) is 31.1 Å². The van der Waals surface area contributed by atoms with E-state index in [1.54, 1.807) is 26.4 Å². The molecule has 0 atom stereocenters. The zero-order valence-corrected chi connectivity index (χ0v) is 11.0. The maximum Gasteiger partial charge on any atom is 0.168 e. The van der Waals surface area contributed by atoms with Crippen LogP contribution in [0.4, 0.5) is 0 Å². The summed E-state index contributed by atoms with van der Waals surface area (Å²) in [5.74, 6) is 1.51. The molecule has 0 amide bonds. The Morgan fingerprint density at radius 2 is 1.89 bits per heavy atom. The topological polar surface area (TPSA) is 64.7 Å². The van der Waals surface area contributed by atoms with Gasteiger partial charge in [0.25, 0.3) is 0 Å². The zero-order valence-electron chi connectivity index (χ0n) is 11.0. The number of methoxy groups -OCH3 is 2. The summed E-state index contributed by atoms with van der Waals surface area (Å²) >= 11 is 0. The molecular formula is C14H21NO3. The van der Waals surface area contributed by atoms with E-state index in [9.17, 15) is 5.11 Å². The quantitative estimate of drug-likeness (QED) is 0.861. The lowest BCUT2D eigenvalue weighted by atomic mass is 9.77. The van der Waals surface area contributed by atoms with E-state index in [2.05, 4.69) is 0 Å². The first-order valence-corrected chi connectivity index (χ1v) is 6.33. The van der Waals surface area contributed by atoms with E-state index >= 15 is 0 Å². The maximum absolute atomic E-state index is 10.2. The van der Waals surface area contributed by atoms with E-state index in [-0.39, 0.29) is 11.2 Å². The monoisotopic (exact) mass is 251 g/mol. The number of aromatic hydroxyl groups is 1. The van der Waals surface area contributed by atoms with Crippen LogP contribution in [-0.2, 0) is 5.41 Å². The Hall–Kier alpha value is -1.42. The largest absolute Gasteiger partial charge is 0.508 e. The molecule has 0 bridgehead atoms. The summed E-state index contributed by atoms with van der Waals surface area (Å²) in [6.45, 7) is 0.518. The summed E-state index contributed by atoms with van der Waals surface area (Å²) in [7, 11) is 3.20. The summed E-state index contributed by atoms with van der Waals surface area (Å²) in [5.41, 5.74) is 6.61. The number of phenolic OH excluding ortho intramolecular Hbond substituents is 1. The fourth-order valence-electron chi connectivity index (χ4n) is 3.04. The molecule has 2 rings (SSSR count). The molecule has 3 N–H and O–H groups in total. The number of hydrogen-bond donors (Lipinski definition) is 2. The molecule has 4 nitrogen and oxygen atoms in total. The number of benzene rings is 1. The fraction of sp³-hybridized carbons (Fsp3) is 0.571. The Bertz CT molecular complexity index is 425. The number of phenols is 1. The summed E-state index contributed by atoms with van der Waals surface area (Å²) in [4.78, 5) is 0. The van der Waals surface area contributed by atoms with Gasteiger partial charge in [-0.15, -0.1) is 0 Å². The molecule has 0 aromatic heterocycles. The third-order valence-corrected chi connectivity index (χ3v) is 4.01. The van der Waals surface area contributed by atoms with Gasteiger partial charge in [0, 0.05) is 17.5 Å². The van der Waals surface area contributed by atoms with E-state index in [1.165, 1.54) is 0 Å². The summed E-state index contributed by atoms with van der Waals surface area (Å²) in [6.07, 6.45) is 4.25. The van der Waals surface area contributed by atoms with Crippen LogP contribution in [-0.4, -0.2) is 25.9 Å². The van der Waals surface area contributed by atoms with Crippen LogP contribution >= 0.6 is 0 Å². The van der Waals surface area contributed by atoms with Crippen molar-refractivity contribution in [2.24, 2.45) is 5.73 Å². The van der Waals surface area contributed by atoms with Crippen molar-refractivity contribution < 1.29 is 14.6 Å². The average Bonchev–Trinajstić information content (AvgIpc) is 2.87. The van der Waals surface area contributed by atoms with Gasteiger partial charge in [0.15, 0.2) is 11.5 Å².